The van der Waals surface area contributed by atoms with Crippen molar-refractivity contribution in [2.75, 3.05) is 0 Å². The van der Waals surface area contributed by atoms with Gasteiger partial charge in [0.2, 0.25) is 0 Å². The van der Waals surface area contributed by atoms with E-state index in [1.54, 1.807) is 0 Å². The zero-order valence-electron chi connectivity index (χ0n) is 10.8. The number of benzene rings is 1. The van der Waals surface area contributed by atoms with E-state index < -0.39 is 5.60 Å². The first-order valence-electron chi connectivity index (χ1n) is 5.94. The smallest absolute Gasteiger partial charge is 0.0279 e. The van der Waals surface area contributed by atoms with Crippen molar-refractivity contribution < 1.29 is 5.11 Å². The lowest BCUT2D eigenvalue weighted by Crippen LogP contribution is -2.42. The zero-order chi connectivity index (χ0) is 11.1. The molecule has 2 nitrogen and oxygen atoms in total. The van der Waals surface area contributed by atoms with Crippen molar-refractivity contribution in [2.45, 2.75) is 51.6 Å². The van der Waals surface area contributed by atoms with E-state index in [9.17, 15) is 5.11 Å². The van der Waals surface area contributed by atoms with Crippen molar-refractivity contribution in [1.29, 1.82) is 0 Å². The maximum Gasteiger partial charge on any atom is -0.0279 e. The van der Waals surface area contributed by atoms with Crippen molar-refractivity contribution in [1.82, 2.24) is 6.15 Å². The predicted octanol–water partition coefficient (Wildman–Crippen LogP) is 3.30. The highest BCUT2D eigenvalue weighted by Gasteiger charge is 2.10. The summed E-state index contributed by atoms with van der Waals surface area (Å²) in [6, 6.07) is 10.4. The lowest BCUT2D eigenvalue weighted by Gasteiger charge is -2.39. The molecule has 0 fully saturated rings. The average molecular weight is 223 g/mol. The van der Waals surface area contributed by atoms with Gasteiger partial charge >= 0.3 is 0 Å². The third-order valence-corrected chi connectivity index (χ3v) is 3.23. The average Bonchev–Trinajstić information content (AvgIpc) is 2.30. The topological polar surface area (TPSA) is 59.6 Å². The lowest BCUT2D eigenvalue weighted by atomic mass is 9.90. The summed E-state index contributed by atoms with van der Waals surface area (Å²) in [5.41, 5.74) is 0.654. The van der Waals surface area contributed by atoms with Gasteiger partial charge < -0.3 is 11.3 Å². The molecule has 1 rings (SSSR count). The quantitative estimate of drug-likeness (QED) is 0.790. The van der Waals surface area contributed by atoms with Crippen LogP contribution in [0, 0.1) is 0 Å². The fraction of sp³-hybridized carbons (Fsp3) is 0.571. The Hall–Kier alpha value is -0.860. The Bertz CT molecular complexity index is 267. The second-order valence-corrected chi connectivity index (χ2v) is 4.23. The summed E-state index contributed by atoms with van der Waals surface area (Å²) >= 11 is 0. The molecular formula is C14H25NO. The molecule has 4 N–H and O–H groups in total. The Morgan fingerprint density at radius 3 is 2.12 bits per heavy atom. The molecule has 0 aliphatic heterocycles. The summed E-state index contributed by atoms with van der Waals surface area (Å²) in [6.45, 7) is 4.00. The summed E-state index contributed by atoms with van der Waals surface area (Å²) in [5, 5.41) is 12.0. The van der Waals surface area contributed by atoms with Gasteiger partial charge in [-0.3, -0.25) is 0 Å². The fourth-order valence-electron chi connectivity index (χ4n) is 1.86. The van der Waals surface area contributed by atoms with Gasteiger partial charge in [-0.15, -0.1) is 5.60 Å². The van der Waals surface area contributed by atoms with Crippen LogP contribution in [0.3, 0.4) is 0 Å². The van der Waals surface area contributed by atoms with E-state index in [-0.39, 0.29) is 6.15 Å². The van der Waals surface area contributed by atoms with Gasteiger partial charge in [0.1, 0.15) is 0 Å². The van der Waals surface area contributed by atoms with Crippen LogP contribution in [-0.2, 0) is 6.42 Å². The van der Waals surface area contributed by atoms with E-state index in [1.165, 1.54) is 5.56 Å². The van der Waals surface area contributed by atoms with E-state index in [1.807, 2.05) is 19.9 Å². The Labute approximate surface area is 99.3 Å². The zero-order valence-corrected chi connectivity index (χ0v) is 10.8. The molecule has 2 heteroatoms. The van der Waals surface area contributed by atoms with Gasteiger partial charge in [0.25, 0.3) is 0 Å². The van der Waals surface area contributed by atoms with Gasteiger partial charge in [-0.2, -0.15) is 0 Å². The van der Waals surface area contributed by atoms with E-state index in [4.69, 9.17) is 0 Å². The van der Waals surface area contributed by atoms with Gasteiger partial charge in [0, 0.05) is 0 Å². The molecule has 92 valence electrons. The summed E-state index contributed by atoms with van der Waals surface area (Å²) in [6.07, 6.45) is 4.34. The summed E-state index contributed by atoms with van der Waals surface area (Å²) < 4.78 is 0. The molecule has 0 saturated carbocycles. The van der Waals surface area contributed by atoms with Gasteiger partial charge in [-0.1, -0.05) is 63.4 Å². The van der Waals surface area contributed by atoms with Crippen LogP contribution in [0.4, 0.5) is 0 Å². The molecule has 0 aliphatic rings. The molecule has 1 aromatic carbocycles. The maximum absolute atomic E-state index is 12.0. The minimum Gasteiger partial charge on any atom is -0.849 e. The van der Waals surface area contributed by atoms with Crippen molar-refractivity contribution in [3.8, 4) is 0 Å². The minimum atomic E-state index is -0.686. The first-order chi connectivity index (χ1) is 7.20. The summed E-state index contributed by atoms with van der Waals surface area (Å²) in [5.74, 6) is 0. The van der Waals surface area contributed by atoms with Crippen LogP contribution in [0.2, 0.25) is 0 Å². The Balaban J connectivity index is 0.00000225. The number of quaternary nitrogens is 1. The van der Waals surface area contributed by atoms with Crippen LogP contribution >= 0.6 is 0 Å². The monoisotopic (exact) mass is 223 g/mol. The highest BCUT2D eigenvalue weighted by Crippen LogP contribution is 2.19. The van der Waals surface area contributed by atoms with Crippen LogP contribution in [0.15, 0.2) is 30.3 Å². The van der Waals surface area contributed by atoms with E-state index >= 15 is 0 Å². The van der Waals surface area contributed by atoms with Gasteiger partial charge in [-0.25, -0.2) is 0 Å². The Kier molecular flexibility index (Phi) is 7.02. The highest BCUT2D eigenvalue weighted by molar-refractivity contribution is 5.14. The largest absolute Gasteiger partial charge is 0.849 e. The molecule has 0 spiro atoms. The van der Waals surface area contributed by atoms with Gasteiger partial charge in [0.15, 0.2) is 0 Å². The van der Waals surface area contributed by atoms with E-state index in [0.29, 0.717) is 0 Å². The van der Waals surface area contributed by atoms with Crippen molar-refractivity contribution in [3.05, 3.63) is 35.9 Å². The molecule has 0 bridgehead atoms. The van der Waals surface area contributed by atoms with Crippen LogP contribution in [0.5, 0.6) is 0 Å². The minimum absolute atomic E-state index is 0. The molecule has 0 atom stereocenters. The van der Waals surface area contributed by atoms with Crippen LogP contribution in [-0.4, -0.2) is 5.60 Å². The molecule has 16 heavy (non-hydrogen) atoms. The first-order valence-corrected chi connectivity index (χ1v) is 5.94. The molecular weight excluding hydrogens is 198 g/mol. The third kappa shape index (κ3) is 4.77. The van der Waals surface area contributed by atoms with Crippen LogP contribution < -0.4 is 11.3 Å². The second kappa shape index (κ2) is 7.42. The van der Waals surface area contributed by atoms with E-state index in [2.05, 4.69) is 24.3 Å². The predicted molar refractivity (Wildman–Crippen MR) is 68.7 cm³/mol. The third-order valence-electron chi connectivity index (χ3n) is 3.23. The number of hydrogen-bond acceptors (Lipinski definition) is 1. The van der Waals surface area contributed by atoms with Crippen molar-refractivity contribution in [2.24, 2.45) is 0 Å². The molecule has 0 unspecified atom stereocenters. The molecule has 0 saturated heterocycles. The summed E-state index contributed by atoms with van der Waals surface area (Å²) in [4.78, 5) is 0. The lowest BCUT2D eigenvalue weighted by molar-refractivity contribution is -0.481. The van der Waals surface area contributed by atoms with Gasteiger partial charge in [-0.05, 0) is 18.4 Å². The van der Waals surface area contributed by atoms with E-state index in [0.717, 1.165) is 32.1 Å². The van der Waals surface area contributed by atoms with Crippen molar-refractivity contribution >= 4 is 0 Å². The van der Waals surface area contributed by atoms with Crippen LogP contribution in [0.1, 0.15) is 45.1 Å². The standard InChI is InChI=1S/C14H21O.H3N/c1-3-14(15,4-2)12-8-11-13-9-6-5-7-10-13;/h5-7,9-10H,3-4,8,11-12H2,1-2H3;1H3/q-1;/p+1. The molecule has 0 aliphatic carbocycles. The second-order valence-electron chi connectivity index (χ2n) is 4.23. The molecule has 0 heterocycles. The number of rotatable bonds is 6. The summed E-state index contributed by atoms with van der Waals surface area (Å²) in [7, 11) is 0. The maximum atomic E-state index is 12.0. The normalized spacial score (nSPS) is 10.9. The number of aryl methyl sites for hydroxylation is 1. The molecule has 0 radical (unpaired) electrons. The molecule has 0 aromatic heterocycles. The SMILES string of the molecule is CCC([O-])(CC)CCCc1ccccc1.[NH4+]. The fourth-order valence-corrected chi connectivity index (χ4v) is 1.86. The van der Waals surface area contributed by atoms with Crippen molar-refractivity contribution in [3.63, 3.8) is 0 Å². The molecule has 1 aromatic rings. The Morgan fingerprint density at radius 2 is 1.62 bits per heavy atom. The molecule has 0 amide bonds. The Morgan fingerprint density at radius 1 is 1.06 bits per heavy atom. The highest BCUT2D eigenvalue weighted by atomic mass is 16.3. The number of hydrogen-bond donors (Lipinski definition) is 1. The first kappa shape index (κ1) is 15.1. The van der Waals surface area contributed by atoms with Gasteiger partial charge in [0.05, 0.1) is 0 Å². The van der Waals surface area contributed by atoms with Crippen LogP contribution in [0.25, 0.3) is 0 Å².